The van der Waals surface area contributed by atoms with Gasteiger partial charge in [-0.05, 0) is 39.8 Å². The Kier molecular flexibility index (Phi) is 8.26. The van der Waals surface area contributed by atoms with Crippen molar-refractivity contribution in [1.29, 1.82) is 0 Å². The first-order valence-electron chi connectivity index (χ1n) is 11.8. The molecule has 3 aromatic rings. The third-order valence-corrected chi connectivity index (χ3v) is 7.85. The first-order chi connectivity index (χ1) is 17.9. The molecule has 0 radical (unpaired) electrons. The summed E-state index contributed by atoms with van der Waals surface area (Å²) in [4.78, 5) is 23.4. The van der Waals surface area contributed by atoms with Crippen molar-refractivity contribution in [2.24, 2.45) is 0 Å². The van der Waals surface area contributed by atoms with E-state index in [2.05, 4.69) is 20.0 Å². The number of fused-ring (bicyclic) bond motifs is 1. The summed E-state index contributed by atoms with van der Waals surface area (Å²) in [5.41, 5.74) is 6.60. The molecule has 38 heavy (non-hydrogen) atoms. The van der Waals surface area contributed by atoms with Crippen LogP contribution in [0.1, 0.15) is 33.9 Å². The molecular weight excluding hydrogens is 539 g/mol. The number of aliphatic hydroxyl groups excluding tert-OH is 1. The fourth-order valence-electron chi connectivity index (χ4n) is 3.90. The van der Waals surface area contributed by atoms with E-state index in [0.717, 1.165) is 0 Å². The number of nitrogens with one attached hydrogen (secondary N) is 1. The van der Waals surface area contributed by atoms with Crippen LogP contribution in [0, 0.1) is 0 Å². The maximum Gasteiger partial charge on any atom is 0.459 e. The lowest BCUT2D eigenvalue weighted by Crippen LogP contribution is -2.40. The van der Waals surface area contributed by atoms with Crippen molar-refractivity contribution in [2.45, 2.75) is 63.2 Å². The van der Waals surface area contributed by atoms with Gasteiger partial charge in [0.05, 0.1) is 19.0 Å². The van der Waals surface area contributed by atoms with Gasteiger partial charge in [0.2, 0.25) is 0 Å². The molecule has 1 aliphatic heterocycles. The summed E-state index contributed by atoms with van der Waals surface area (Å²) >= 11 is 6.73. The van der Waals surface area contributed by atoms with Crippen LogP contribution in [0.4, 0.5) is 5.82 Å². The minimum absolute atomic E-state index is 0.179. The van der Waals surface area contributed by atoms with Gasteiger partial charge in [-0.15, -0.1) is 11.6 Å². The predicted molar refractivity (Wildman–Crippen MR) is 138 cm³/mol. The van der Waals surface area contributed by atoms with Gasteiger partial charge in [-0.2, -0.15) is 5.09 Å². The molecule has 1 saturated heterocycles. The molecule has 206 valence electrons. The number of para-hydroxylation sites is 1. The first kappa shape index (κ1) is 28.2. The zero-order valence-electron chi connectivity index (χ0n) is 21.2. The number of imidazole rings is 1. The Labute approximate surface area is 224 Å². The minimum atomic E-state index is -4.18. The second-order valence-corrected chi connectivity index (χ2v) is 11.7. The molecule has 0 saturated carbocycles. The van der Waals surface area contributed by atoms with Gasteiger partial charge >= 0.3 is 13.7 Å². The summed E-state index contributed by atoms with van der Waals surface area (Å²) in [6, 6.07) is 7.27. The standard InChI is InChI=1S/C23H30ClN6O7P/c1-13(2)35-21(32)14(3)29-38(33,37-15-8-6-5-7-9-15)34-10-16-18(31)23(4,24)22(36-16)30-12-28-17-19(25)26-11-27-20(17)30/h5-9,11-14,16,18,22,31H,10H2,1-4H3,(H,29,33)(H2,25,26,27). The van der Waals surface area contributed by atoms with Crippen molar-refractivity contribution in [2.75, 3.05) is 12.3 Å². The highest BCUT2D eigenvalue weighted by Gasteiger charge is 2.54. The highest BCUT2D eigenvalue weighted by Crippen LogP contribution is 2.48. The number of anilines is 1. The zero-order chi connectivity index (χ0) is 27.7. The van der Waals surface area contributed by atoms with Gasteiger partial charge in [-0.25, -0.2) is 19.5 Å². The Morgan fingerprint density at radius 1 is 1.29 bits per heavy atom. The van der Waals surface area contributed by atoms with Crippen molar-refractivity contribution in [3.05, 3.63) is 43.0 Å². The first-order valence-corrected chi connectivity index (χ1v) is 13.8. The second kappa shape index (κ2) is 11.1. The van der Waals surface area contributed by atoms with E-state index in [1.165, 1.54) is 24.1 Å². The summed E-state index contributed by atoms with van der Waals surface area (Å²) in [5.74, 6) is -0.221. The summed E-state index contributed by atoms with van der Waals surface area (Å²) in [6.45, 7) is 6.06. The third kappa shape index (κ3) is 5.93. The highest BCUT2D eigenvalue weighted by atomic mass is 35.5. The lowest BCUT2D eigenvalue weighted by Gasteiger charge is -2.26. The monoisotopic (exact) mass is 568 g/mol. The summed E-state index contributed by atoms with van der Waals surface area (Å²) in [6.07, 6.45) is -0.895. The van der Waals surface area contributed by atoms with Crippen LogP contribution >= 0.6 is 19.3 Å². The number of nitrogens with zero attached hydrogens (tertiary/aromatic N) is 4. The van der Waals surface area contributed by atoms with Gasteiger partial charge in [-0.1, -0.05) is 18.2 Å². The maximum atomic E-state index is 13.8. The maximum absolute atomic E-state index is 13.8. The zero-order valence-corrected chi connectivity index (χ0v) is 22.9. The lowest BCUT2D eigenvalue weighted by molar-refractivity contribution is -0.149. The van der Waals surface area contributed by atoms with E-state index in [0.29, 0.717) is 11.2 Å². The molecule has 1 aromatic carbocycles. The molecule has 0 aliphatic carbocycles. The molecule has 0 amide bonds. The van der Waals surface area contributed by atoms with Gasteiger partial charge in [-0.3, -0.25) is 13.9 Å². The normalized spacial score (nSPS) is 25.8. The van der Waals surface area contributed by atoms with Gasteiger partial charge in [0, 0.05) is 0 Å². The van der Waals surface area contributed by atoms with E-state index in [-0.39, 0.29) is 17.7 Å². The van der Waals surface area contributed by atoms with E-state index in [9.17, 15) is 14.5 Å². The molecule has 1 fully saturated rings. The molecule has 4 rings (SSSR count). The van der Waals surface area contributed by atoms with Crippen molar-refractivity contribution in [3.63, 3.8) is 0 Å². The average Bonchev–Trinajstić information content (AvgIpc) is 3.37. The van der Waals surface area contributed by atoms with Gasteiger partial charge < -0.3 is 24.8 Å². The molecule has 0 bridgehead atoms. The largest absolute Gasteiger partial charge is 0.462 e. The number of hydrogen-bond acceptors (Lipinski definition) is 11. The Morgan fingerprint density at radius 3 is 2.68 bits per heavy atom. The number of benzene rings is 1. The number of ether oxygens (including phenoxy) is 2. The van der Waals surface area contributed by atoms with E-state index >= 15 is 0 Å². The Hall–Kier alpha value is -2.80. The number of aromatic nitrogens is 4. The van der Waals surface area contributed by atoms with Crippen LogP contribution < -0.4 is 15.3 Å². The van der Waals surface area contributed by atoms with E-state index in [1.807, 2.05) is 0 Å². The number of aliphatic hydroxyl groups is 1. The molecule has 13 nitrogen and oxygen atoms in total. The molecule has 1 aliphatic rings. The van der Waals surface area contributed by atoms with Crippen LogP contribution in [0.5, 0.6) is 5.75 Å². The molecule has 6 unspecified atom stereocenters. The molecule has 6 atom stereocenters. The smallest absolute Gasteiger partial charge is 0.459 e. The van der Waals surface area contributed by atoms with Crippen molar-refractivity contribution >= 4 is 42.3 Å². The number of alkyl halides is 1. The lowest BCUT2D eigenvalue weighted by atomic mass is 10.0. The summed E-state index contributed by atoms with van der Waals surface area (Å²) in [7, 11) is -4.18. The average molecular weight is 569 g/mol. The topological polar surface area (TPSA) is 173 Å². The number of rotatable bonds is 10. The molecule has 15 heteroatoms. The molecule has 2 aromatic heterocycles. The van der Waals surface area contributed by atoms with Gasteiger partial charge in [0.15, 0.2) is 17.7 Å². The molecular formula is C23H30ClN6O7P. The van der Waals surface area contributed by atoms with Gasteiger partial charge in [0.1, 0.15) is 40.7 Å². The number of nitrogens with two attached hydrogens (primary N) is 1. The number of nitrogen functional groups attached to an aromatic ring is 1. The van der Waals surface area contributed by atoms with Gasteiger partial charge in [0.25, 0.3) is 0 Å². The van der Waals surface area contributed by atoms with Crippen LogP contribution in [0.2, 0.25) is 0 Å². The van der Waals surface area contributed by atoms with Crippen LogP contribution in [-0.4, -0.2) is 66.4 Å². The van der Waals surface area contributed by atoms with E-state index in [1.54, 1.807) is 51.1 Å². The number of carbonyl (C=O) groups excluding carboxylic acids is 1. The quantitative estimate of drug-likeness (QED) is 0.186. The van der Waals surface area contributed by atoms with Crippen molar-refractivity contribution in [1.82, 2.24) is 24.6 Å². The van der Waals surface area contributed by atoms with Crippen LogP contribution in [0.15, 0.2) is 43.0 Å². The second-order valence-electron chi connectivity index (χ2n) is 9.24. The minimum Gasteiger partial charge on any atom is -0.462 e. The number of halogens is 1. The molecule has 3 heterocycles. The fraction of sp³-hybridized carbons (Fsp3) is 0.478. The van der Waals surface area contributed by atoms with Crippen LogP contribution in [-0.2, 0) is 23.4 Å². The molecule has 0 spiro atoms. The predicted octanol–water partition coefficient (Wildman–Crippen LogP) is 2.80. The SMILES string of the molecule is CC(C)OC(=O)C(C)NP(=O)(OCC1OC(n2cnc3c(N)ncnc32)C(C)(Cl)C1O)Oc1ccccc1. The number of carbonyl (C=O) groups is 1. The van der Waals surface area contributed by atoms with Crippen LogP contribution in [0.25, 0.3) is 11.2 Å². The fourth-order valence-corrected chi connectivity index (χ4v) is 5.70. The number of esters is 1. The Bertz CT molecular complexity index is 1320. The van der Waals surface area contributed by atoms with Crippen molar-refractivity contribution in [3.8, 4) is 5.75 Å². The van der Waals surface area contributed by atoms with Crippen molar-refractivity contribution < 1.29 is 33.0 Å². The Morgan fingerprint density at radius 2 is 2.00 bits per heavy atom. The highest BCUT2D eigenvalue weighted by molar-refractivity contribution is 7.52. The van der Waals surface area contributed by atoms with E-state index in [4.69, 9.17) is 35.9 Å². The number of hydrogen-bond donors (Lipinski definition) is 3. The third-order valence-electron chi connectivity index (χ3n) is 5.79. The van der Waals surface area contributed by atoms with Crippen LogP contribution in [0.3, 0.4) is 0 Å². The Balaban J connectivity index is 1.54. The summed E-state index contributed by atoms with van der Waals surface area (Å²) in [5, 5.41) is 13.6. The molecule has 4 N–H and O–H groups in total. The van der Waals surface area contributed by atoms with E-state index < -0.39 is 49.7 Å². The summed E-state index contributed by atoms with van der Waals surface area (Å²) < 4.78 is 37.8.